The van der Waals surface area contributed by atoms with Crippen molar-refractivity contribution in [3.8, 4) is 5.75 Å². The molecule has 1 aliphatic rings. The molecule has 0 aliphatic heterocycles. The summed E-state index contributed by atoms with van der Waals surface area (Å²) in [7, 11) is 1.53. The first-order valence-corrected chi connectivity index (χ1v) is 6.98. The summed E-state index contributed by atoms with van der Waals surface area (Å²) in [6.07, 6.45) is 0.992. The number of carboxylic acid groups (broad SMARTS) is 1. The molecule has 0 bridgehead atoms. The molecular weight excluding hydrogens is 293 g/mol. The number of amides is 1. The van der Waals surface area contributed by atoms with Gasteiger partial charge in [-0.2, -0.15) is 0 Å². The predicted octanol–water partition coefficient (Wildman–Crippen LogP) is 1.90. The van der Waals surface area contributed by atoms with Crippen LogP contribution in [0.5, 0.6) is 5.75 Å². The minimum absolute atomic E-state index is 0.192. The molecule has 22 heavy (non-hydrogen) atoms. The first kappa shape index (κ1) is 16.2. The molecule has 7 heteroatoms. The second-order valence-electron chi connectivity index (χ2n) is 5.10. The minimum Gasteiger partial charge on any atom is -0.489 e. The standard InChI is InChI=1S/C15H18FNO5/c1-21-6-7-22-13-5-2-9(16)8-12(13)17-14(18)10-3-4-11(10)15(19)20/h2,5,8,10-11H,3-4,6-7H2,1H3,(H,17,18)(H,19,20). The molecule has 120 valence electrons. The topological polar surface area (TPSA) is 84.9 Å². The Morgan fingerprint density at radius 1 is 1.32 bits per heavy atom. The number of hydrogen-bond acceptors (Lipinski definition) is 4. The number of methoxy groups -OCH3 is 1. The van der Waals surface area contributed by atoms with Crippen LogP contribution < -0.4 is 10.1 Å². The SMILES string of the molecule is COCCOc1ccc(F)cc1NC(=O)C1CCC1C(=O)O. The monoisotopic (exact) mass is 311 g/mol. The molecule has 0 saturated heterocycles. The van der Waals surface area contributed by atoms with Gasteiger partial charge in [-0.1, -0.05) is 0 Å². The maximum Gasteiger partial charge on any atom is 0.307 e. The molecule has 2 N–H and O–H groups in total. The Morgan fingerprint density at radius 2 is 2.05 bits per heavy atom. The molecule has 2 rings (SSSR count). The van der Waals surface area contributed by atoms with Crippen molar-refractivity contribution in [3.05, 3.63) is 24.0 Å². The average Bonchev–Trinajstić information content (AvgIpc) is 2.39. The van der Waals surface area contributed by atoms with Crippen LogP contribution in [-0.4, -0.2) is 37.3 Å². The smallest absolute Gasteiger partial charge is 0.307 e. The summed E-state index contributed by atoms with van der Waals surface area (Å²) >= 11 is 0. The highest BCUT2D eigenvalue weighted by Crippen LogP contribution is 2.36. The largest absolute Gasteiger partial charge is 0.489 e. The van der Waals surface area contributed by atoms with Gasteiger partial charge >= 0.3 is 5.97 Å². The van der Waals surface area contributed by atoms with E-state index in [-0.39, 0.29) is 12.3 Å². The third kappa shape index (κ3) is 3.73. The molecule has 0 heterocycles. The van der Waals surface area contributed by atoms with E-state index >= 15 is 0 Å². The Morgan fingerprint density at radius 3 is 2.64 bits per heavy atom. The maximum atomic E-state index is 13.4. The van der Waals surface area contributed by atoms with E-state index in [0.717, 1.165) is 6.07 Å². The van der Waals surface area contributed by atoms with Gasteiger partial charge in [0, 0.05) is 13.2 Å². The van der Waals surface area contributed by atoms with E-state index in [9.17, 15) is 14.0 Å². The van der Waals surface area contributed by atoms with E-state index in [4.69, 9.17) is 14.6 Å². The van der Waals surface area contributed by atoms with Gasteiger partial charge in [0.25, 0.3) is 0 Å². The minimum atomic E-state index is -0.984. The Bertz CT molecular complexity index is 563. The number of carbonyl (C=O) groups is 2. The number of halogens is 1. The first-order chi connectivity index (χ1) is 10.5. The zero-order valence-electron chi connectivity index (χ0n) is 12.2. The fourth-order valence-corrected chi connectivity index (χ4v) is 2.30. The summed E-state index contributed by atoms with van der Waals surface area (Å²) in [6.45, 7) is 0.612. The maximum absolute atomic E-state index is 13.4. The first-order valence-electron chi connectivity index (χ1n) is 6.98. The molecule has 1 aromatic carbocycles. The molecule has 1 aliphatic carbocycles. The van der Waals surface area contributed by atoms with Gasteiger partial charge in [0.15, 0.2) is 0 Å². The Kier molecular flexibility index (Phi) is 5.32. The Balaban J connectivity index is 2.06. The number of carboxylic acids is 1. The van der Waals surface area contributed by atoms with Crippen LogP contribution in [0.3, 0.4) is 0 Å². The van der Waals surface area contributed by atoms with Gasteiger partial charge in [0.1, 0.15) is 18.2 Å². The van der Waals surface area contributed by atoms with Crippen LogP contribution in [0.1, 0.15) is 12.8 Å². The van der Waals surface area contributed by atoms with Crippen molar-refractivity contribution >= 4 is 17.6 Å². The van der Waals surface area contributed by atoms with E-state index in [1.165, 1.54) is 19.2 Å². The molecule has 1 aromatic rings. The van der Waals surface area contributed by atoms with Crippen molar-refractivity contribution in [2.75, 3.05) is 25.6 Å². The van der Waals surface area contributed by atoms with Gasteiger partial charge in [0.05, 0.1) is 24.1 Å². The number of rotatable bonds is 7. The third-order valence-corrected chi connectivity index (χ3v) is 3.67. The van der Waals surface area contributed by atoms with E-state index in [2.05, 4.69) is 5.32 Å². The van der Waals surface area contributed by atoms with Crippen molar-refractivity contribution in [2.45, 2.75) is 12.8 Å². The highest BCUT2D eigenvalue weighted by atomic mass is 19.1. The summed E-state index contributed by atoms with van der Waals surface area (Å²) in [5.41, 5.74) is 0.192. The molecule has 1 amide bonds. The molecule has 1 fully saturated rings. The number of benzene rings is 1. The normalized spacial score (nSPS) is 20.1. The van der Waals surface area contributed by atoms with Crippen molar-refractivity contribution in [3.63, 3.8) is 0 Å². The van der Waals surface area contributed by atoms with Crippen LogP contribution in [0.25, 0.3) is 0 Å². The third-order valence-electron chi connectivity index (χ3n) is 3.67. The lowest BCUT2D eigenvalue weighted by molar-refractivity contribution is -0.151. The van der Waals surface area contributed by atoms with Crippen LogP contribution >= 0.6 is 0 Å². The Hall–Kier alpha value is -2.15. The van der Waals surface area contributed by atoms with Crippen LogP contribution in [-0.2, 0) is 14.3 Å². The van der Waals surface area contributed by atoms with Gasteiger partial charge in [-0.05, 0) is 25.0 Å². The van der Waals surface area contributed by atoms with Crippen LogP contribution in [0.2, 0.25) is 0 Å². The van der Waals surface area contributed by atoms with Gasteiger partial charge in [0.2, 0.25) is 5.91 Å². The van der Waals surface area contributed by atoms with E-state index in [1.54, 1.807) is 0 Å². The zero-order chi connectivity index (χ0) is 16.1. The average molecular weight is 311 g/mol. The molecule has 0 aromatic heterocycles. The summed E-state index contributed by atoms with van der Waals surface area (Å²) in [4.78, 5) is 23.1. The van der Waals surface area contributed by atoms with E-state index in [0.29, 0.717) is 25.2 Å². The highest BCUT2D eigenvalue weighted by Gasteiger charge is 2.41. The fourth-order valence-electron chi connectivity index (χ4n) is 2.30. The number of nitrogens with one attached hydrogen (secondary N) is 1. The van der Waals surface area contributed by atoms with Crippen LogP contribution in [0, 0.1) is 17.7 Å². The van der Waals surface area contributed by atoms with Crippen LogP contribution in [0.15, 0.2) is 18.2 Å². The summed E-state index contributed by atoms with van der Waals surface area (Å²) in [5, 5.41) is 11.5. The second-order valence-corrected chi connectivity index (χ2v) is 5.10. The lowest BCUT2D eigenvalue weighted by atomic mass is 9.73. The van der Waals surface area contributed by atoms with Gasteiger partial charge in [-0.15, -0.1) is 0 Å². The quantitative estimate of drug-likeness (QED) is 0.751. The molecular formula is C15H18FNO5. The molecule has 0 spiro atoms. The number of carbonyl (C=O) groups excluding carboxylic acids is 1. The van der Waals surface area contributed by atoms with Crippen molar-refractivity contribution < 1.29 is 28.6 Å². The number of aliphatic carboxylic acids is 1. The summed E-state index contributed by atoms with van der Waals surface area (Å²) in [5.74, 6) is -2.88. The number of hydrogen-bond donors (Lipinski definition) is 2. The van der Waals surface area contributed by atoms with Crippen molar-refractivity contribution in [1.29, 1.82) is 0 Å². The van der Waals surface area contributed by atoms with Crippen LogP contribution in [0.4, 0.5) is 10.1 Å². The van der Waals surface area contributed by atoms with E-state index < -0.39 is 29.5 Å². The predicted molar refractivity (Wildman–Crippen MR) is 76.3 cm³/mol. The van der Waals surface area contributed by atoms with Gasteiger partial charge < -0.3 is 19.9 Å². The fraction of sp³-hybridized carbons (Fsp3) is 0.467. The number of anilines is 1. The van der Waals surface area contributed by atoms with E-state index in [1.807, 2.05) is 0 Å². The molecule has 2 atom stereocenters. The molecule has 0 radical (unpaired) electrons. The molecule has 6 nitrogen and oxygen atoms in total. The highest BCUT2D eigenvalue weighted by molar-refractivity contribution is 5.97. The van der Waals surface area contributed by atoms with Crippen molar-refractivity contribution in [2.24, 2.45) is 11.8 Å². The lowest BCUT2D eigenvalue weighted by Gasteiger charge is -2.32. The zero-order valence-corrected chi connectivity index (χ0v) is 12.2. The lowest BCUT2D eigenvalue weighted by Crippen LogP contribution is -2.41. The Labute approximate surface area is 127 Å². The van der Waals surface area contributed by atoms with Gasteiger partial charge in [-0.25, -0.2) is 4.39 Å². The molecule has 1 saturated carbocycles. The number of ether oxygens (including phenoxy) is 2. The van der Waals surface area contributed by atoms with Gasteiger partial charge in [-0.3, -0.25) is 9.59 Å². The van der Waals surface area contributed by atoms with Crippen molar-refractivity contribution in [1.82, 2.24) is 0 Å². The summed E-state index contributed by atoms with van der Waals surface area (Å²) in [6, 6.07) is 3.78. The summed E-state index contributed by atoms with van der Waals surface area (Å²) < 4.78 is 23.6. The second kappa shape index (κ2) is 7.22. The molecule has 2 unspecified atom stereocenters.